The van der Waals surface area contributed by atoms with Gasteiger partial charge in [-0.25, -0.2) is 0 Å². The van der Waals surface area contributed by atoms with Crippen molar-refractivity contribution in [2.45, 2.75) is 25.7 Å². The van der Waals surface area contributed by atoms with E-state index in [0.29, 0.717) is 19.6 Å². The number of nitrogens with zero attached hydrogens (tertiary/aromatic N) is 2. The van der Waals surface area contributed by atoms with Crippen LogP contribution in [0.3, 0.4) is 0 Å². The van der Waals surface area contributed by atoms with E-state index in [-0.39, 0.29) is 17.7 Å². The average Bonchev–Trinajstić information content (AvgIpc) is 3.45. The van der Waals surface area contributed by atoms with E-state index < -0.39 is 0 Å². The van der Waals surface area contributed by atoms with E-state index in [2.05, 4.69) is 34.1 Å². The van der Waals surface area contributed by atoms with Crippen LogP contribution in [0.5, 0.6) is 5.75 Å². The van der Waals surface area contributed by atoms with E-state index in [1.54, 1.807) is 4.90 Å². The van der Waals surface area contributed by atoms with Gasteiger partial charge in [0, 0.05) is 22.6 Å². The van der Waals surface area contributed by atoms with E-state index in [0.717, 1.165) is 22.3 Å². The van der Waals surface area contributed by atoms with Crippen molar-refractivity contribution in [3.05, 3.63) is 58.6 Å². The molecular formula is C21H21BrN2O2. The summed E-state index contributed by atoms with van der Waals surface area (Å²) < 4.78 is 6.50. The first-order chi connectivity index (χ1) is 12.6. The van der Waals surface area contributed by atoms with Crippen LogP contribution in [-0.4, -0.2) is 19.1 Å². The predicted octanol–water partition coefficient (Wildman–Crippen LogP) is 4.90. The van der Waals surface area contributed by atoms with E-state index in [9.17, 15) is 4.79 Å². The zero-order valence-electron chi connectivity index (χ0n) is 14.7. The van der Waals surface area contributed by atoms with Gasteiger partial charge in [-0.15, -0.1) is 0 Å². The van der Waals surface area contributed by atoms with Crippen LogP contribution in [0.25, 0.3) is 0 Å². The van der Waals surface area contributed by atoms with Gasteiger partial charge in [-0.1, -0.05) is 28.1 Å². The quantitative estimate of drug-likeness (QED) is 0.649. The number of benzene rings is 2. The van der Waals surface area contributed by atoms with Gasteiger partial charge >= 0.3 is 0 Å². The first kappa shape index (κ1) is 18.5. The molecule has 1 aliphatic carbocycles. The monoisotopic (exact) mass is 412 g/mol. The molecule has 0 spiro atoms. The Hall–Kier alpha value is -2.32. The second kappa shape index (κ2) is 8.37. The zero-order valence-corrected chi connectivity index (χ0v) is 16.3. The number of hydrogen-bond donors (Lipinski definition) is 0. The lowest BCUT2D eigenvalue weighted by Gasteiger charge is -2.22. The molecule has 0 bridgehead atoms. The van der Waals surface area contributed by atoms with Gasteiger partial charge in [-0.2, -0.15) is 5.26 Å². The molecule has 1 saturated carbocycles. The van der Waals surface area contributed by atoms with Crippen LogP contribution >= 0.6 is 15.9 Å². The van der Waals surface area contributed by atoms with Crippen molar-refractivity contribution >= 4 is 27.5 Å². The Bertz CT molecular complexity index is 796. The highest BCUT2D eigenvalue weighted by molar-refractivity contribution is 9.10. The minimum Gasteiger partial charge on any atom is -0.494 e. The minimum atomic E-state index is -0.0126. The van der Waals surface area contributed by atoms with Gasteiger partial charge in [0.25, 0.3) is 0 Å². The standard InChI is InChI=1S/C21H21BrN2O2/c1-2-26-18-10-8-17(9-11-18)24(13-3-12-23)21(25)20-14-19(20)15-4-6-16(22)7-5-15/h4-11,19-20H,2-3,13-14H2,1H3. The van der Waals surface area contributed by atoms with Crippen LogP contribution in [0.1, 0.15) is 31.2 Å². The number of carbonyl (C=O) groups is 1. The Kier molecular flexibility index (Phi) is 5.95. The Morgan fingerprint density at radius 1 is 1.23 bits per heavy atom. The summed E-state index contributed by atoms with van der Waals surface area (Å²) in [5, 5.41) is 8.96. The largest absolute Gasteiger partial charge is 0.494 e. The number of halogens is 1. The van der Waals surface area contributed by atoms with Crippen LogP contribution in [0.15, 0.2) is 53.0 Å². The highest BCUT2D eigenvalue weighted by Gasteiger charge is 2.45. The summed E-state index contributed by atoms with van der Waals surface area (Å²) in [6, 6.07) is 17.8. The molecule has 26 heavy (non-hydrogen) atoms. The molecule has 4 nitrogen and oxygen atoms in total. The molecule has 0 radical (unpaired) electrons. The molecule has 0 heterocycles. The lowest BCUT2D eigenvalue weighted by molar-refractivity contribution is -0.119. The number of rotatable bonds is 7. The van der Waals surface area contributed by atoms with Crippen LogP contribution in [-0.2, 0) is 4.79 Å². The maximum Gasteiger partial charge on any atom is 0.230 e. The molecule has 2 unspecified atom stereocenters. The maximum atomic E-state index is 13.0. The summed E-state index contributed by atoms with van der Waals surface area (Å²) >= 11 is 3.44. The van der Waals surface area contributed by atoms with E-state index in [4.69, 9.17) is 10.00 Å². The average molecular weight is 413 g/mol. The number of amides is 1. The Balaban J connectivity index is 1.74. The SMILES string of the molecule is CCOc1ccc(N(CCC#N)C(=O)C2CC2c2ccc(Br)cc2)cc1. The molecule has 0 N–H and O–H groups in total. The van der Waals surface area contributed by atoms with E-state index in [1.807, 2.05) is 43.3 Å². The molecule has 134 valence electrons. The molecule has 1 fully saturated rings. The van der Waals surface area contributed by atoms with E-state index >= 15 is 0 Å². The minimum absolute atomic E-state index is 0.0126. The number of carbonyl (C=O) groups excluding carboxylic acids is 1. The van der Waals surface area contributed by atoms with Gasteiger partial charge in [0.15, 0.2) is 0 Å². The van der Waals surface area contributed by atoms with Gasteiger partial charge < -0.3 is 9.64 Å². The fourth-order valence-corrected chi connectivity index (χ4v) is 3.43. The molecule has 2 atom stereocenters. The third-order valence-electron chi connectivity index (χ3n) is 4.58. The summed E-state index contributed by atoms with van der Waals surface area (Å²) in [5.41, 5.74) is 2.01. The van der Waals surface area contributed by atoms with E-state index in [1.165, 1.54) is 5.56 Å². The third kappa shape index (κ3) is 4.25. The van der Waals surface area contributed by atoms with Crippen LogP contribution in [0.2, 0.25) is 0 Å². The molecule has 1 amide bonds. The molecule has 0 aliphatic heterocycles. The van der Waals surface area contributed by atoms with Crippen molar-refractivity contribution < 1.29 is 9.53 Å². The lowest BCUT2D eigenvalue weighted by atomic mass is 10.1. The zero-order chi connectivity index (χ0) is 18.5. The van der Waals surface area contributed by atoms with Gasteiger partial charge in [0.1, 0.15) is 5.75 Å². The van der Waals surface area contributed by atoms with Crippen molar-refractivity contribution in [3.63, 3.8) is 0 Å². The normalized spacial score (nSPS) is 18.0. The number of ether oxygens (including phenoxy) is 1. The van der Waals surface area contributed by atoms with Crippen LogP contribution < -0.4 is 9.64 Å². The van der Waals surface area contributed by atoms with Crippen molar-refractivity contribution in [2.75, 3.05) is 18.1 Å². The molecule has 1 aliphatic rings. The smallest absolute Gasteiger partial charge is 0.230 e. The van der Waals surface area contributed by atoms with Gasteiger partial charge in [0.2, 0.25) is 5.91 Å². The van der Waals surface area contributed by atoms with Gasteiger partial charge in [0.05, 0.1) is 19.1 Å². The number of anilines is 1. The molecular weight excluding hydrogens is 392 g/mol. The second-order valence-electron chi connectivity index (χ2n) is 6.33. The third-order valence-corrected chi connectivity index (χ3v) is 5.11. The summed E-state index contributed by atoms with van der Waals surface area (Å²) in [6.45, 7) is 2.95. The highest BCUT2D eigenvalue weighted by Crippen LogP contribution is 2.49. The van der Waals surface area contributed by atoms with Crippen LogP contribution in [0, 0.1) is 17.2 Å². The summed E-state index contributed by atoms with van der Waals surface area (Å²) in [7, 11) is 0. The summed E-state index contributed by atoms with van der Waals surface area (Å²) in [5.74, 6) is 1.13. The molecule has 3 rings (SSSR count). The van der Waals surface area contributed by atoms with Crippen molar-refractivity contribution in [1.29, 1.82) is 5.26 Å². The second-order valence-corrected chi connectivity index (χ2v) is 7.24. The molecule has 5 heteroatoms. The fourth-order valence-electron chi connectivity index (χ4n) is 3.16. The highest BCUT2D eigenvalue weighted by atomic mass is 79.9. The number of hydrogen-bond acceptors (Lipinski definition) is 3. The van der Waals surface area contributed by atoms with Crippen molar-refractivity contribution in [3.8, 4) is 11.8 Å². The molecule has 0 saturated heterocycles. The molecule has 0 aromatic heterocycles. The summed E-state index contributed by atoms with van der Waals surface area (Å²) in [6.07, 6.45) is 1.18. The molecule has 2 aromatic carbocycles. The lowest BCUT2D eigenvalue weighted by Crippen LogP contribution is -2.33. The topological polar surface area (TPSA) is 53.3 Å². The van der Waals surface area contributed by atoms with Crippen molar-refractivity contribution in [2.24, 2.45) is 5.92 Å². The van der Waals surface area contributed by atoms with Crippen LogP contribution in [0.4, 0.5) is 5.69 Å². The van der Waals surface area contributed by atoms with Crippen molar-refractivity contribution in [1.82, 2.24) is 0 Å². The first-order valence-corrected chi connectivity index (χ1v) is 9.60. The Morgan fingerprint density at radius 3 is 2.54 bits per heavy atom. The molecule has 2 aromatic rings. The Morgan fingerprint density at radius 2 is 1.92 bits per heavy atom. The first-order valence-electron chi connectivity index (χ1n) is 8.80. The Labute approximate surface area is 162 Å². The summed E-state index contributed by atoms with van der Waals surface area (Å²) in [4.78, 5) is 14.8. The maximum absolute atomic E-state index is 13.0. The van der Waals surface area contributed by atoms with Gasteiger partial charge in [-0.3, -0.25) is 4.79 Å². The number of nitriles is 1. The predicted molar refractivity (Wildman–Crippen MR) is 105 cm³/mol. The van der Waals surface area contributed by atoms with Gasteiger partial charge in [-0.05, 0) is 61.2 Å². The fraction of sp³-hybridized carbons (Fsp3) is 0.333.